The van der Waals surface area contributed by atoms with Crippen LogP contribution in [-0.2, 0) is 6.54 Å². The molecule has 5 nitrogen and oxygen atoms in total. The van der Waals surface area contributed by atoms with E-state index < -0.39 is 12.4 Å². The van der Waals surface area contributed by atoms with E-state index in [1.807, 2.05) is 31.4 Å². The topological polar surface area (TPSA) is 64.2 Å². The minimum Gasteiger partial charge on any atom is -0.493 e. The number of aryl methyl sites for hydroxylation is 1. The standard InChI is InChI=1S/C21H22F2N2O3/c1-5-9-25-13(2)10-17(14(25)3)19(26)16(12-24)11-15-7-6-8-18(27-4)20(15)28-21(22)23/h6-8,10-11,21H,5,9H2,1-4H3/b16-11+. The van der Waals surface area contributed by atoms with Gasteiger partial charge in [0.1, 0.15) is 11.6 Å². The molecule has 0 saturated heterocycles. The molecule has 2 aromatic rings. The summed E-state index contributed by atoms with van der Waals surface area (Å²) in [4.78, 5) is 12.9. The number of carbonyl (C=O) groups is 1. The van der Waals surface area contributed by atoms with Gasteiger partial charge in [0.15, 0.2) is 11.5 Å². The highest BCUT2D eigenvalue weighted by Gasteiger charge is 2.21. The maximum atomic E-state index is 12.9. The van der Waals surface area contributed by atoms with Crippen molar-refractivity contribution in [3.05, 3.63) is 52.4 Å². The van der Waals surface area contributed by atoms with Crippen LogP contribution >= 0.6 is 0 Å². The largest absolute Gasteiger partial charge is 0.493 e. The van der Waals surface area contributed by atoms with E-state index in [0.29, 0.717) is 5.56 Å². The molecule has 0 saturated carbocycles. The molecular weight excluding hydrogens is 366 g/mol. The molecular formula is C21H22F2N2O3. The van der Waals surface area contributed by atoms with Gasteiger partial charge in [-0.25, -0.2) is 0 Å². The number of ether oxygens (including phenoxy) is 2. The Labute approximate surface area is 162 Å². The summed E-state index contributed by atoms with van der Waals surface area (Å²) in [5.74, 6) is -0.610. The Morgan fingerprint density at radius 2 is 2.07 bits per heavy atom. The predicted octanol–water partition coefficient (Wildman–Crippen LogP) is 4.91. The van der Waals surface area contributed by atoms with Crippen LogP contribution in [0.1, 0.15) is 40.7 Å². The third-order valence-corrected chi connectivity index (χ3v) is 4.37. The number of methoxy groups -OCH3 is 1. The van der Waals surface area contributed by atoms with Crippen LogP contribution in [0.5, 0.6) is 11.5 Å². The number of benzene rings is 1. The number of carbonyl (C=O) groups excluding carboxylic acids is 1. The Morgan fingerprint density at radius 3 is 2.64 bits per heavy atom. The normalized spacial score (nSPS) is 11.4. The number of para-hydroxylation sites is 1. The zero-order valence-electron chi connectivity index (χ0n) is 16.3. The fraction of sp³-hybridized carbons (Fsp3) is 0.333. The van der Waals surface area contributed by atoms with E-state index in [4.69, 9.17) is 4.74 Å². The van der Waals surface area contributed by atoms with E-state index in [9.17, 15) is 18.8 Å². The molecule has 0 atom stereocenters. The first-order valence-electron chi connectivity index (χ1n) is 8.79. The summed E-state index contributed by atoms with van der Waals surface area (Å²) in [6, 6.07) is 8.11. The number of alkyl halides is 2. The smallest absolute Gasteiger partial charge is 0.387 e. The van der Waals surface area contributed by atoms with E-state index in [0.717, 1.165) is 24.4 Å². The van der Waals surface area contributed by atoms with Crippen LogP contribution in [0.3, 0.4) is 0 Å². The summed E-state index contributed by atoms with van der Waals surface area (Å²) in [5, 5.41) is 9.52. The third-order valence-electron chi connectivity index (χ3n) is 4.37. The van der Waals surface area contributed by atoms with Crippen LogP contribution in [0.25, 0.3) is 6.08 Å². The van der Waals surface area contributed by atoms with Gasteiger partial charge in [-0.2, -0.15) is 14.0 Å². The Morgan fingerprint density at radius 1 is 1.36 bits per heavy atom. The quantitative estimate of drug-likeness (QED) is 0.366. The number of halogens is 2. The molecule has 0 N–H and O–H groups in total. The number of hydrogen-bond acceptors (Lipinski definition) is 4. The summed E-state index contributed by atoms with van der Waals surface area (Å²) in [5.41, 5.74) is 2.08. The zero-order chi connectivity index (χ0) is 20.8. The van der Waals surface area contributed by atoms with Crippen molar-refractivity contribution < 1.29 is 23.0 Å². The highest BCUT2D eigenvalue weighted by molar-refractivity contribution is 6.15. The predicted molar refractivity (Wildman–Crippen MR) is 102 cm³/mol. The first-order chi connectivity index (χ1) is 13.3. The molecule has 0 amide bonds. The molecule has 0 aliphatic rings. The molecule has 0 bridgehead atoms. The SMILES string of the molecule is CCCn1c(C)cc(C(=O)/C(C#N)=C/c2cccc(OC)c2OC(F)F)c1C. The fourth-order valence-electron chi connectivity index (χ4n) is 3.07. The van der Waals surface area contributed by atoms with Gasteiger partial charge in [0.2, 0.25) is 5.78 Å². The van der Waals surface area contributed by atoms with Crippen molar-refractivity contribution in [1.29, 1.82) is 5.26 Å². The van der Waals surface area contributed by atoms with Crippen molar-refractivity contribution in [1.82, 2.24) is 4.57 Å². The van der Waals surface area contributed by atoms with E-state index in [1.165, 1.54) is 25.3 Å². The summed E-state index contributed by atoms with van der Waals surface area (Å²) >= 11 is 0. The maximum Gasteiger partial charge on any atom is 0.387 e. The number of ketones is 1. The number of hydrogen-bond donors (Lipinski definition) is 0. The van der Waals surface area contributed by atoms with Gasteiger partial charge in [-0.15, -0.1) is 0 Å². The second-order valence-electron chi connectivity index (χ2n) is 6.19. The highest BCUT2D eigenvalue weighted by Crippen LogP contribution is 2.34. The molecule has 0 unspecified atom stereocenters. The Hall–Kier alpha value is -3.14. The van der Waals surface area contributed by atoms with Gasteiger partial charge in [0, 0.05) is 29.1 Å². The lowest BCUT2D eigenvalue weighted by atomic mass is 10.0. The lowest BCUT2D eigenvalue weighted by Gasteiger charge is -2.12. The van der Waals surface area contributed by atoms with Crippen LogP contribution in [0.2, 0.25) is 0 Å². The second-order valence-corrected chi connectivity index (χ2v) is 6.19. The second kappa shape index (κ2) is 9.18. The minimum atomic E-state index is -3.07. The zero-order valence-corrected chi connectivity index (χ0v) is 16.3. The van der Waals surface area contributed by atoms with Crippen molar-refractivity contribution in [2.24, 2.45) is 0 Å². The number of nitrogens with zero attached hydrogens (tertiary/aromatic N) is 2. The van der Waals surface area contributed by atoms with Gasteiger partial charge in [-0.05, 0) is 38.5 Å². The Balaban J connectivity index is 2.52. The number of rotatable bonds is 8. The molecule has 0 spiro atoms. The third kappa shape index (κ3) is 4.39. The van der Waals surface area contributed by atoms with Crippen LogP contribution in [0, 0.1) is 25.2 Å². The molecule has 7 heteroatoms. The summed E-state index contributed by atoms with van der Waals surface area (Å²) in [6.45, 7) is 3.44. The van der Waals surface area contributed by atoms with Crippen LogP contribution < -0.4 is 9.47 Å². The Bertz CT molecular complexity index is 940. The lowest BCUT2D eigenvalue weighted by Crippen LogP contribution is -2.07. The molecule has 28 heavy (non-hydrogen) atoms. The van der Waals surface area contributed by atoms with Gasteiger partial charge in [0.05, 0.1) is 7.11 Å². The van der Waals surface area contributed by atoms with Gasteiger partial charge in [0.25, 0.3) is 0 Å². The van der Waals surface area contributed by atoms with Crippen LogP contribution in [0.4, 0.5) is 8.78 Å². The van der Waals surface area contributed by atoms with Crippen molar-refractivity contribution >= 4 is 11.9 Å². The molecule has 148 valence electrons. The molecule has 1 aromatic carbocycles. The Kier molecular flexibility index (Phi) is 6.94. The van der Waals surface area contributed by atoms with Gasteiger partial charge < -0.3 is 14.0 Å². The fourth-order valence-corrected chi connectivity index (χ4v) is 3.07. The lowest BCUT2D eigenvalue weighted by molar-refractivity contribution is -0.0513. The summed E-state index contributed by atoms with van der Waals surface area (Å²) in [6.07, 6.45) is 2.15. The molecule has 0 aliphatic carbocycles. The molecule has 0 fully saturated rings. The van der Waals surface area contributed by atoms with E-state index in [-0.39, 0.29) is 22.6 Å². The molecule has 0 radical (unpaired) electrons. The van der Waals surface area contributed by atoms with Crippen molar-refractivity contribution in [2.45, 2.75) is 40.3 Å². The highest BCUT2D eigenvalue weighted by atomic mass is 19.3. The van der Waals surface area contributed by atoms with Crippen molar-refractivity contribution in [3.8, 4) is 17.6 Å². The number of Topliss-reactive ketones (excluding diaryl/α,β-unsaturated/α-hetero) is 1. The molecule has 0 aliphatic heterocycles. The van der Waals surface area contributed by atoms with Crippen LogP contribution in [-0.4, -0.2) is 24.1 Å². The average Bonchev–Trinajstić information content (AvgIpc) is 2.94. The number of allylic oxidation sites excluding steroid dienone is 1. The number of nitriles is 1. The first-order valence-corrected chi connectivity index (χ1v) is 8.79. The number of aromatic nitrogens is 1. The van der Waals surface area contributed by atoms with Crippen molar-refractivity contribution in [3.63, 3.8) is 0 Å². The molecule has 2 rings (SSSR count). The van der Waals surface area contributed by atoms with Gasteiger partial charge in [-0.1, -0.05) is 19.1 Å². The minimum absolute atomic E-state index is 0.0833. The average molecular weight is 388 g/mol. The molecule has 1 aromatic heterocycles. The summed E-state index contributed by atoms with van der Waals surface area (Å²) in [7, 11) is 1.32. The first kappa shape index (κ1) is 21.2. The van der Waals surface area contributed by atoms with Gasteiger partial charge >= 0.3 is 6.61 Å². The van der Waals surface area contributed by atoms with Crippen molar-refractivity contribution in [2.75, 3.05) is 7.11 Å². The van der Waals surface area contributed by atoms with Gasteiger partial charge in [-0.3, -0.25) is 4.79 Å². The van der Waals surface area contributed by atoms with Crippen LogP contribution in [0.15, 0.2) is 29.8 Å². The summed E-state index contributed by atoms with van der Waals surface area (Å²) < 4.78 is 37.2. The monoisotopic (exact) mass is 388 g/mol. The molecule has 1 heterocycles. The maximum absolute atomic E-state index is 12.9. The van der Waals surface area contributed by atoms with E-state index in [2.05, 4.69) is 4.74 Å². The van der Waals surface area contributed by atoms with E-state index in [1.54, 1.807) is 12.1 Å². The van der Waals surface area contributed by atoms with E-state index >= 15 is 0 Å².